The molecular formula is C17H20N2O3. The van der Waals surface area contributed by atoms with Crippen LogP contribution < -0.4 is 0 Å². The van der Waals surface area contributed by atoms with Crippen molar-refractivity contribution in [2.24, 2.45) is 5.41 Å². The molecule has 2 aromatic rings. The largest absolute Gasteiger partial charge is 0.481 e. The van der Waals surface area contributed by atoms with Gasteiger partial charge in [-0.15, -0.1) is 0 Å². The Bertz CT molecular complexity index is 741. The third-order valence-electron chi connectivity index (χ3n) is 4.48. The molecule has 0 saturated carbocycles. The number of benzene rings is 1. The van der Waals surface area contributed by atoms with Crippen molar-refractivity contribution in [3.8, 4) is 0 Å². The van der Waals surface area contributed by atoms with Gasteiger partial charge in [-0.3, -0.25) is 9.59 Å². The van der Waals surface area contributed by atoms with Gasteiger partial charge in [0.25, 0.3) is 0 Å². The normalized spacial score (nSPS) is 16.5. The van der Waals surface area contributed by atoms with Crippen molar-refractivity contribution < 1.29 is 14.7 Å². The van der Waals surface area contributed by atoms with Crippen LogP contribution in [0.5, 0.6) is 0 Å². The zero-order chi connectivity index (χ0) is 15.9. The molecule has 2 N–H and O–H groups in total. The molecule has 0 atom stereocenters. The molecule has 1 aliphatic rings. The van der Waals surface area contributed by atoms with Crippen LogP contribution in [0.2, 0.25) is 0 Å². The average molecular weight is 300 g/mol. The Morgan fingerprint density at radius 2 is 2.09 bits per heavy atom. The van der Waals surface area contributed by atoms with E-state index >= 15 is 0 Å². The predicted molar refractivity (Wildman–Crippen MR) is 83.7 cm³/mol. The van der Waals surface area contributed by atoms with Gasteiger partial charge >= 0.3 is 5.97 Å². The van der Waals surface area contributed by atoms with Crippen molar-refractivity contribution >= 4 is 22.8 Å². The number of rotatable bonds is 4. The van der Waals surface area contributed by atoms with Crippen LogP contribution in [0.3, 0.4) is 0 Å². The van der Waals surface area contributed by atoms with Gasteiger partial charge in [0.2, 0.25) is 5.91 Å². The summed E-state index contributed by atoms with van der Waals surface area (Å²) >= 11 is 0. The van der Waals surface area contributed by atoms with Crippen LogP contribution in [0.1, 0.15) is 24.5 Å². The minimum Gasteiger partial charge on any atom is -0.481 e. The number of hydrogen-bond donors (Lipinski definition) is 2. The first-order valence-electron chi connectivity index (χ1n) is 7.47. The predicted octanol–water partition coefficient (Wildman–Crippen LogP) is 2.34. The van der Waals surface area contributed by atoms with Gasteiger partial charge in [-0.25, -0.2) is 0 Å². The summed E-state index contributed by atoms with van der Waals surface area (Å²) in [6, 6.07) is 6.22. The summed E-state index contributed by atoms with van der Waals surface area (Å²) in [5.41, 5.74) is 2.64. The molecule has 0 aliphatic carbocycles. The summed E-state index contributed by atoms with van der Waals surface area (Å²) < 4.78 is 0. The fourth-order valence-corrected chi connectivity index (χ4v) is 3.01. The summed E-state index contributed by atoms with van der Waals surface area (Å²) in [6.45, 7) is 4.36. The van der Waals surface area contributed by atoms with Gasteiger partial charge in [0.1, 0.15) is 0 Å². The summed E-state index contributed by atoms with van der Waals surface area (Å²) in [5.74, 6) is -0.801. The van der Waals surface area contributed by atoms with E-state index in [9.17, 15) is 9.59 Å². The van der Waals surface area contributed by atoms with Crippen LogP contribution in [-0.2, 0) is 16.0 Å². The smallest absolute Gasteiger partial charge is 0.312 e. The SMILES string of the molecule is Cc1ccc2[nH]cc(CCC(=O)N3CC(C)(C(=O)O)C3)c2c1. The van der Waals surface area contributed by atoms with Gasteiger partial charge < -0.3 is 15.0 Å². The maximum Gasteiger partial charge on any atom is 0.312 e. The Morgan fingerprint density at radius 3 is 2.77 bits per heavy atom. The molecule has 2 heterocycles. The first kappa shape index (κ1) is 14.6. The van der Waals surface area contributed by atoms with Crippen molar-refractivity contribution in [3.05, 3.63) is 35.5 Å². The monoisotopic (exact) mass is 300 g/mol. The van der Waals surface area contributed by atoms with Gasteiger partial charge in [0.05, 0.1) is 5.41 Å². The number of likely N-dealkylation sites (tertiary alicyclic amines) is 1. The molecule has 1 aromatic heterocycles. The second-order valence-corrected chi connectivity index (χ2v) is 6.48. The summed E-state index contributed by atoms with van der Waals surface area (Å²) in [6.07, 6.45) is 3.04. The van der Waals surface area contributed by atoms with Crippen LogP contribution in [0.25, 0.3) is 10.9 Å². The summed E-state index contributed by atoms with van der Waals surface area (Å²) in [4.78, 5) is 28.1. The third-order valence-corrected chi connectivity index (χ3v) is 4.48. The number of fused-ring (bicyclic) bond motifs is 1. The maximum atomic E-state index is 12.2. The highest BCUT2D eigenvalue weighted by atomic mass is 16.4. The van der Waals surface area contributed by atoms with Gasteiger partial charge in [-0.1, -0.05) is 11.6 Å². The van der Waals surface area contributed by atoms with Gasteiger partial charge in [-0.2, -0.15) is 0 Å². The van der Waals surface area contributed by atoms with E-state index in [4.69, 9.17) is 5.11 Å². The topological polar surface area (TPSA) is 73.4 Å². The highest BCUT2D eigenvalue weighted by molar-refractivity contribution is 5.86. The first-order chi connectivity index (χ1) is 10.4. The number of aromatic amines is 1. The molecule has 1 aromatic carbocycles. The van der Waals surface area contributed by atoms with Crippen LogP contribution in [0.15, 0.2) is 24.4 Å². The van der Waals surface area contributed by atoms with Gasteiger partial charge in [0.15, 0.2) is 0 Å². The van der Waals surface area contributed by atoms with Gasteiger partial charge in [-0.05, 0) is 38.0 Å². The van der Waals surface area contributed by atoms with E-state index < -0.39 is 11.4 Å². The number of carboxylic acids is 1. The van der Waals surface area contributed by atoms with E-state index in [-0.39, 0.29) is 5.91 Å². The standard InChI is InChI=1S/C17H20N2O3/c1-11-3-5-14-13(7-11)12(8-18-14)4-6-15(20)19-9-17(2,10-19)16(21)22/h3,5,7-8,18H,4,6,9-10H2,1-2H3,(H,21,22). The summed E-state index contributed by atoms with van der Waals surface area (Å²) in [5, 5.41) is 10.2. The van der Waals surface area contributed by atoms with E-state index in [1.165, 1.54) is 5.56 Å². The van der Waals surface area contributed by atoms with E-state index in [0.717, 1.165) is 16.5 Å². The van der Waals surface area contributed by atoms with Crippen molar-refractivity contribution in [2.75, 3.05) is 13.1 Å². The lowest BCUT2D eigenvalue weighted by Crippen LogP contribution is -2.60. The molecule has 0 bridgehead atoms. The lowest BCUT2D eigenvalue weighted by atomic mass is 9.82. The zero-order valence-electron chi connectivity index (χ0n) is 12.8. The minimum atomic E-state index is -0.830. The molecular weight excluding hydrogens is 280 g/mol. The lowest BCUT2D eigenvalue weighted by Gasteiger charge is -2.44. The lowest BCUT2D eigenvalue weighted by molar-refractivity contribution is -0.163. The molecule has 5 heteroatoms. The van der Waals surface area contributed by atoms with Crippen molar-refractivity contribution in [3.63, 3.8) is 0 Å². The molecule has 0 spiro atoms. The van der Waals surface area contributed by atoms with E-state index in [2.05, 4.69) is 17.1 Å². The number of carbonyl (C=O) groups is 2. The molecule has 1 saturated heterocycles. The Hall–Kier alpha value is -2.30. The molecule has 22 heavy (non-hydrogen) atoms. The number of carbonyl (C=O) groups excluding carboxylic acids is 1. The molecule has 3 rings (SSSR count). The second kappa shape index (κ2) is 5.16. The Kier molecular flexibility index (Phi) is 3.43. The quantitative estimate of drug-likeness (QED) is 0.910. The Morgan fingerprint density at radius 1 is 1.36 bits per heavy atom. The highest BCUT2D eigenvalue weighted by Crippen LogP contribution is 2.31. The second-order valence-electron chi connectivity index (χ2n) is 6.48. The Balaban J connectivity index is 1.62. The average Bonchev–Trinajstić information content (AvgIpc) is 2.83. The van der Waals surface area contributed by atoms with Crippen LogP contribution in [0.4, 0.5) is 0 Å². The summed E-state index contributed by atoms with van der Waals surface area (Å²) in [7, 11) is 0. The van der Waals surface area contributed by atoms with Crippen molar-refractivity contribution in [2.45, 2.75) is 26.7 Å². The zero-order valence-corrected chi connectivity index (χ0v) is 12.8. The first-order valence-corrected chi connectivity index (χ1v) is 7.47. The molecule has 0 radical (unpaired) electrons. The Labute approximate surface area is 128 Å². The minimum absolute atomic E-state index is 0.0285. The van der Waals surface area contributed by atoms with E-state index in [1.54, 1.807) is 11.8 Å². The van der Waals surface area contributed by atoms with Crippen LogP contribution in [-0.4, -0.2) is 40.0 Å². The molecule has 1 amide bonds. The highest BCUT2D eigenvalue weighted by Gasteiger charge is 2.47. The molecule has 0 unspecified atom stereocenters. The van der Waals surface area contributed by atoms with E-state index in [0.29, 0.717) is 25.9 Å². The number of amides is 1. The fraction of sp³-hybridized carbons (Fsp3) is 0.412. The molecule has 5 nitrogen and oxygen atoms in total. The number of hydrogen-bond acceptors (Lipinski definition) is 2. The number of aromatic nitrogens is 1. The van der Waals surface area contributed by atoms with Gasteiger partial charge in [0, 0.05) is 36.6 Å². The number of aliphatic carboxylic acids is 1. The number of aryl methyl sites for hydroxylation is 2. The number of nitrogens with one attached hydrogen (secondary N) is 1. The number of nitrogens with zero attached hydrogens (tertiary/aromatic N) is 1. The van der Waals surface area contributed by atoms with Crippen molar-refractivity contribution in [1.82, 2.24) is 9.88 Å². The number of carboxylic acid groups (broad SMARTS) is 1. The van der Waals surface area contributed by atoms with Crippen LogP contribution >= 0.6 is 0 Å². The van der Waals surface area contributed by atoms with Crippen LogP contribution in [0, 0.1) is 12.3 Å². The van der Waals surface area contributed by atoms with Crippen molar-refractivity contribution in [1.29, 1.82) is 0 Å². The fourth-order valence-electron chi connectivity index (χ4n) is 3.01. The maximum absolute atomic E-state index is 12.2. The number of H-pyrrole nitrogens is 1. The molecule has 1 fully saturated rings. The molecule has 1 aliphatic heterocycles. The van der Waals surface area contributed by atoms with E-state index in [1.807, 2.05) is 19.2 Å². The molecule has 116 valence electrons. The third kappa shape index (κ3) is 2.47.